The third-order valence-electron chi connectivity index (χ3n) is 26.1. The lowest BCUT2D eigenvalue weighted by Crippen LogP contribution is -2.65. The number of aliphatic hydroxyl groups is 1. The summed E-state index contributed by atoms with van der Waals surface area (Å²) in [5.74, 6) is -4.39. The van der Waals surface area contributed by atoms with Crippen LogP contribution >= 0.6 is 0 Å². The summed E-state index contributed by atoms with van der Waals surface area (Å²) in [5.41, 5.74) is 8.10. The van der Waals surface area contributed by atoms with Crippen molar-refractivity contribution >= 4 is 36.1 Å². The number of rotatable bonds is 38. The molecule has 0 spiro atoms. The van der Waals surface area contributed by atoms with E-state index < -0.39 is 171 Å². The van der Waals surface area contributed by atoms with Gasteiger partial charge in [-0.3, -0.25) is 4.39 Å². The van der Waals surface area contributed by atoms with Gasteiger partial charge in [0.1, 0.15) is 49.8 Å². The van der Waals surface area contributed by atoms with Crippen LogP contribution in [0.2, 0.25) is 0 Å². The zero-order valence-electron chi connectivity index (χ0n) is 82.6. The molecular formula is C118H123FN2O27. The number of benzene rings is 12. The summed E-state index contributed by atoms with van der Waals surface area (Å²) in [6, 6.07) is 111. The van der Waals surface area contributed by atoms with Crippen LogP contribution in [0.5, 0.6) is 0 Å². The predicted molar refractivity (Wildman–Crippen MR) is 539 cm³/mol. The van der Waals surface area contributed by atoms with Crippen LogP contribution in [0.3, 0.4) is 0 Å². The first-order valence-corrected chi connectivity index (χ1v) is 49.7. The van der Waals surface area contributed by atoms with E-state index in [0.29, 0.717) is 23.9 Å². The maximum Gasteiger partial charge on any atom is 0.410 e. The van der Waals surface area contributed by atoms with Crippen LogP contribution in [-0.2, 0) is 134 Å². The van der Waals surface area contributed by atoms with Crippen LogP contribution in [0.25, 0.3) is 0 Å². The topological polar surface area (TPSA) is 314 Å². The molecule has 6 heterocycles. The molecule has 0 aliphatic carbocycles. The zero-order valence-corrected chi connectivity index (χ0v) is 82.6. The fraction of sp³-hybridized carbons (Fsp3) is 0.339. The van der Waals surface area contributed by atoms with Crippen molar-refractivity contribution in [2.75, 3.05) is 59.9 Å². The lowest BCUT2D eigenvalue weighted by molar-refractivity contribution is -0.381. The Morgan fingerprint density at radius 1 is 0.311 bits per heavy atom. The molecule has 12 aromatic rings. The van der Waals surface area contributed by atoms with Gasteiger partial charge in [0.15, 0.2) is 62.2 Å². The number of halogens is 1. The van der Waals surface area contributed by atoms with Crippen molar-refractivity contribution in [3.05, 3.63) is 431 Å². The average molecular weight is 2020 g/mol. The Labute approximate surface area is 860 Å². The van der Waals surface area contributed by atoms with Gasteiger partial charge in [0.25, 0.3) is 0 Å². The van der Waals surface area contributed by atoms with E-state index >= 15 is 0 Å². The first-order chi connectivity index (χ1) is 72.5. The second-order valence-corrected chi connectivity index (χ2v) is 36.4. The van der Waals surface area contributed by atoms with Gasteiger partial charge in [-0.25, -0.2) is 28.8 Å². The van der Waals surface area contributed by atoms with Gasteiger partial charge in [0.05, 0.1) is 101 Å². The number of nitrogens with zero attached hydrogens (tertiary/aromatic N) is 2. The van der Waals surface area contributed by atoms with E-state index in [1.807, 2.05) is 276 Å². The average Bonchev–Trinajstić information content (AvgIpc) is 0.762. The summed E-state index contributed by atoms with van der Waals surface area (Å²) < 4.78 is 138. The minimum Gasteiger partial charge on any atom is -0.453 e. The largest absolute Gasteiger partial charge is 0.453 e. The molecule has 6 fully saturated rings. The fourth-order valence-corrected chi connectivity index (χ4v) is 18.3. The normalized spacial score (nSPS) is 25.3. The number of amides is 2. The summed E-state index contributed by atoms with van der Waals surface area (Å²) in [7, 11) is 0.500. The standard InChI is InChI=1S/C59H61NO13.C58H59NO14.CH3F/c1-40-50(73-58-53(71-55(62)46-29-17-7-18-30-46)41(2)51-49(69-58)39-66-56(72-51)47-31-19-8-20-32-47)48(38-64-36-43-23-11-4-12-24-43)68-57(52(40)70-54(61)45-27-15-6-16-28-45)65-34-33-60(35-42-21-9-3-10-22-42)59(63)67-37-44-25-13-5-14-26-44;1-39-49(72-57-52(71-54(62)44-28-16-6-17-29-44)48(60)51-47(69-57)38-66-55(73-51)45-30-18-7-19-31-45)46(37-64-35-41-22-10-3-11-23-41)68-56(50(39)70-53(61)43-26-14-5-15-27-43)65-33-32-59(34-40-20-8-2-9-21-40)58(63)67-36-42-24-12-4-13-25-42;1-2/h3-32,40-41,48-53,56-58H,33-39H2,1-2H3;2-31,39,46-52,55-57,60H,32-38H2,1H3;1H3. The summed E-state index contributed by atoms with van der Waals surface area (Å²) >= 11 is 0. The number of fused-ring (bicyclic) bond motifs is 2. The maximum atomic E-state index is 14.0. The summed E-state index contributed by atoms with van der Waals surface area (Å²) in [6.07, 6.45) is -20.3. The molecule has 22 unspecified atom stereocenters. The highest BCUT2D eigenvalue weighted by atomic mass is 19.1. The molecule has 29 nitrogen and oxygen atoms in total. The van der Waals surface area contributed by atoms with Gasteiger partial charge in [0.2, 0.25) is 0 Å². The van der Waals surface area contributed by atoms with E-state index in [1.54, 1.807) is 119 Å². The molecule has 6 aliphatic rings. The highest BCUT2D eigenvalue weighted by Crippen LogP contribution is 2.44. The van der Waals surface area contributed by atoms with E-state index in [-0.39, 0.29) is 97.8 Å². The molecule has 0 aromatic heterocycles. The Morgan fingerprint density at radius 3 is 0.926 bits per heavy atom. The van der Waals surface area contributed by atoms with Crippen molar-refractivity contribution in [2.45, 2.75) is 177 Å². The van der Waals surface area contributed by atoms with Gasteiger partial charge in [0, 0.05) is 55.1 Å². The first-order valence-electron chi connectivity index (χ1n) is 49.7. The van der Waals surface area contributed by atoms with Gasteiger partial charge < -0.3 is 110 Å². The van der Waals surface area contributed by atoms with Crippen LogP contribution < -0.4 is 0 Å². The summed E-state index contributed by atoms with van der Waals surface area (Å²) in [6.45, 7) is 7.01. The summed E-state index contributed by atoms with van der Waals surface area (Å²) in [4.78, 5) is 86.4. The molecule has 12 aromatic carbocycles. The number of carbonyl (C=O) groups is 6. The number of hydrogen-bond donors (Lipinski definition) is 1. The molecular weight excluding hydrogens is 1900 g/mol. The SMILES string of the molecule is CC1C(OC2OC3COC(c4ccccc4)OC3C(O)C2OC(=O)c2ccccc2)C(COCc2ccccc2)OC(OCCN(Cc2ccccc2)C(=O)OCc2ccccc2)C1OC(=O)c1ccccc1.CC1C2OC(c3ccccc3)OCC2OC(OC2C(COCc3ccccc3)OC(OCCN(Cc3ccccc3)C(=O)OCc3ccccc3)C(OC(=O)c3ccccc3)C2C)C1OC(=O)c1ccccc1.CF. The van der Waals surface area contributed by atoms with Crippen molar-refractivity contribution < 1.29 is 133 Å². The number of esters is 4. The van der Waals surface area contributed by atoms with E-state index in [0.717, 1.165) is 44.5 Å². The molecule has 0 bridgehead atoms. The van der Waals surface area contributed by atoms with E-state index in [2.05, 4.69) is 0 Å². The van der Waals surface area contributed by atoms with Gasteiger partial charge in [-0.2, -0.15) is 0 Å². The minimum atomic E-state index is -1.46. The van der Waals surface area contributed by atoms with Gasteiger partial charge in [-0.1, -0.05) is 336 Å². The Kier molecular flexibility index (Phi) is 39.7. The molecule has 6 saturated heterocycles. The molecule has 148 heavy (non-hydrogen) atoms. The van der Waals surface area contributed by atoms with Crippen LogP contribution in [0.1, 0.15) is 119 Å². The van der Waals surface area contributed by atoms with Crippen LogP contribution in [-0.4, -0.2) is 215 Å². The highest BCUT2D eigenvalue weighted by Gasteiger charge is 2.58. The Balaban J connectivity index is 0.000000208. The van der Waals surface area contributed by atoms with Crippen LogP contribution in [0, 0.1) is 17.8 Å². The molecule has 22 atom stereocenters. The third kappa shape index (κ3) is 29.5. The monoisotopic (exact) mass is 2020 g/mol. The van der Waals surface area contributed by atoms with Crippen LogP contribution in [0.15, 0.2) is 364 Å². The number of ether oxygens (including phenoxy) is 20. The second-order valence-electron chi connectivity index (χ2n) is 36.4. The van der Waals surface area contributed by atoms with E-state index in [1.165, 1.54) is 0 Å². The lowest BCUT2D eigenvalue weighted by atomic mass is 9.88. The number of carbonyl (C=O) groups excluding carboxylic acids is 6. The van der Waals surface area contributed by atoms with Gasteiger partial charge in [-0.15, -0.1) is 0 Å². The van der Waals surface area contributed by atoms with Gasteiger partial charge >= 0.3 is 36.1 Å². The van der Waals surface area contributed by atoms with Crippen molar-refractivity contribution in [1.29, 1.82) is 0 Å². The zero-order chi connectivity index (χ0) is 103. The minimum absolute atomic E-state index is 0.00908. The lowest BCUT2D eigenvalue weighted by Gasteiger charge is -2.50. The molecule has 774 valence electrons. The van der Waals surface area contributed by atoms with Crippen molar-refractivity contribution in [3.63, 3.8) is 0 Å². The Bertz CT molecular complexity index is 5640. The van der Waals surface area contributed by atoms with E-state index in [4.69, 9.17) is 94.7 Å². The molecule has 18 rings (SSSR count). The smallest absolute Gasteiger partial charge is 0.410 e. The molecule has 30 heteroatoms. The molecule has 0 radical (unpaired) electrons. The van der Waals surface area contributed by atoms with Crippen molar-refractivity contribution in [2.24, 2.45) is 17.8 Å². The molecule has 0 saturated carbocycles. The number of alkyl halides is 1. The van der Waals surface area contributed by atoms with Crippen molar-refractivity contribution in [3.8, 4) is 0 Å². The quantitative estimate of drug-likeness (QED) is 0.0277. The third-order valence-corrected chi connectivity index (χ3v) is 26.1. The van der Waals surface area contributed by atoms with E-state index in [9.17, 15) is 38.3 Å². The first kappa shape index (κ1) is 107. The summed E-state index contributed by atoms with van der Waals surface area (Å²) in [5, 5.41) is 12.2. The Morgan fingerprint density at radius 2 is 0.588 bits per heavy atom. The maximum absolute atomic E-state index is 14.0. The predicted octanol–water partition coefficient (Wildman–Crippen LogP) is 18.8. The van der Waals surface area contributed by atoms with Crippen LogP contribution in [0.4, 0.5) is 14.0 Å². The second kappa shape index (κ2) is 54.9. The van der Waals surface area contributed by atoms with Crippen molar-refractivity contribution in [1.82, 2.24) is 9.80 Å². The molecule has 2 amide bonds. The highest BCUT2D eigenvalue weighted by molar-refractivity contribution is 5.91. The fourth-order valence-electron chi connectivity index (χ4n) is 18.3. The number of hydrogen-bond acceptors (Lipinski definition) is 27. The molecule has 6 aliphatic heterocycles. The number of aliphatic hydroxyl groups excluding tert-OH is 1. The van der Waals surface area contributed by atoms with Gasteiger partial charge in [-0.05, 0) is 81.9 Å². The molecule has 1 N–H and O–H groups in total. The Hall–Kier alpha value is -13.6.